The lowest BCUT2D eigenvalue weighted by Crippen LogP contribution is -2.28. The van der Waals surface area contributed by atoms with E-state index in [-0.39, 0.29) is 18.4 Å². The van der Waals surface area contributed by atoms with Gasteiger partial charge in [0, 0.05) is 12.5 Å². The molecule has 1 N–H and O–H groups in total. The predicted molar refractivity (Wildman–Crippen MR) is 76.0 cm³/mol. The van der Waals surface area contributed by atoms with Crippen LogP contribution in [0.25, 0.3) is 0 Å². The predicted octanol–water partition coefficient (Wildman–Crippen LogP) is 3.57. The summed E-state index contributed by atoms with van der Waals surface area (Å²) in [5.74, 6) is 0.227. The Morgan fingerprint density at radius 1 is 1.14 bits per heavy atom. The van der Waals surface area contributed by atoms with Crippen molar-refractivity contribution in [2.45, 2.75) is 45.0 Å². The van der Waals surface area contributed by atoms with E-state index >= 15 is 0 Å². The number of carbonyl (C=O) groups excluding carboxylic acids is 1. The largest absolute Gasteiger partial charge is 0.411 e. The average Bonchev–Trinajstić information content (AvgIpc) is 2.99. The molecule has 122 valence electrons. The van der Waals surface area contributed by atoms with E-state index in [1.807, 2.05) is 0 Å². The highest BCUT2D eigenvalue weighted by Crippen LogP contribution is 2.24. The monoisotopic (exact) mass is 315 g/mol. The van der Waals surface area contributed by atoms with E-state index in [1.54, 1.807) is 24.3 Å². The number of nitrogens with one attached hydrogen (secondary N) is 1. The smallest absolute Gasteiger partial charge is 0.367 e. The van der Waals surface area contributed by atoms with Gasteiger partial charge in [0.2, 0.25) is 5.91 Å². The zero-order valence-corrected chi connectivity index (χ0v) is 12.3. The van der Waals surface area contributed by atoms with E-state index in [1.165, 1.54) is 0 Å². The molecule has 0 saturated heterocycles. The highest BCUT2D eigenvalue weighted by atomic mass is 19.4. The minimum atomic E-state index is -4.30. The first-order chi connectivity index (χ1) is 10.4. The van der Waals surface area contributed by atoms with Crippen LogP contribution in [0.15, 0.2) is 24.3 Å². The molecule has 0 atom stereocenters. The molecule has 0 aliphatic heterocycles. The Morgan fingerprint density at radius 3 is 2.32 bits per heavy atom. The summed E-state index contributed by atoms with van der Waals surface area (Å²) in [5.41, 5.74) is 1.60. The normalized spacial score (nSPS) is 16.0. The molecular formula is C16H20F3NO2. The van der Waals surface area contributed by atoms with E-state index in [0.717, 1.165) is 31.2 Å². The second kappa shape index (κ2) is 7.63. The summed E-state index contributed by atoms with van der Waals surface area (Å²) < 4.78 is 40.5. The van der Waals surface area contributed by atoms with E-state index in [2.05, 4.69) is 10.1 Å². The number of halogens is 3. The SMILES string of the molecule is O=C(NCc1ccc(COCC(F)(F)F)cc1)C1CCCC1. The van der Waals surface area contributed by atoms with Gasteiger partial charge in [-0.1, -0.05) is 37.1 Å². The van der Waals surface area contributed by atoms with Crippen LogP contribution in [-0.2, 0) is 22.7 Å². The molecule has 6 heteroatoms. The number of alkyl halides is 3. The maximum atomic E-state index is 12.0. The summed E-state index contributed by atoms with van der Waals surface area (Å²) in [7, 11) is 0. The molecule has 0 heterocycles. The van der Waals surface area contributed by atoms with Gasteiger partial charge in [-0.05, 0) is 24.0 Å². The number of ether oxygens (including phenoxy) is 1. The quantitative estimate of drug-likeness (QED) is 0.871. The molecule has 1 amide bonds. The Bertz CT molecular complexity index is 479. The zero-order chi connectivity index (χ0) is 16.0. The van der Waals surface area contributed by atoms with Gasteiger partial charge in [0.05, 0.1) is 6.61 Å². The lowest BCUT2D eigenvalue weighted by atomic mass is 10.1. The fourth-order valence-electron chi connectivity index (χ4n) is 2.56. The van der Waals surface area contributed by atoms with Crippen molar-refractivity contribution in [1.29, 1.82) is 0 Å². The topological polar surface area (TPSA) is 38.3 Å². The van der Waals surface area contributed by atoms with Gasteiger partial charge in [-0.25, -0.2) is 0 Å². The lowest BCUT2D eigenvalue weighted by molar-refractivity contribution is -0.176. The minimum absolute atomic E-state index is 0.0752. The van der Waals surface area contributed by atoms with Gasteiger partial charge in [-0.3, -0.25) is 4.79 Å². The van der Waals surface area contributed by atoms with Crippen LogP contribution in [-0.4, -0.2) is 18.7 Å². The van der Waals surface area contributed by atoms with Crippen molar-refractivity contribution in [2.24, 2.45) is 5.92 Å². The third-order valence-corrected chi connectivity index (χ3v) is 3.75. The number of hydrogen-bond donors (Lipinski definition) is 1. The van der Waals surface area contributed by atoms with Crippen LogP contribution >= 0.6 is 0 Å². The molecule has 1 saturated carbocycles. The van der Waals surface area contributed by atoms with E-state index in [4.69, 9.17) is 0 Å². The van der Waals surface area contributed by atoms with Crippen molar-refractivity contribution in [3.05, 3.63) is 35.4 Å². The van der Waals surface area contributed by atoms with Crippen molar-refractivity contribution >= 4 is 5.91 Å². The van der Waals surface area contributed by atoms with Gasteiger partial charge in [-0.2, -0.15) is 13.2 Å². The Kier molecular flexibility index (Phi) is 5.83. The maximum Gasteiger partial charge on any atom is 0.411 e. The van der Waals surface area contributed by atoms with E-state index < -0.39 is 12.8 Å². The highest BCUT2D eigenvalue weighted by molar-refractivity contribution is 5.78. The van der Waals surface area contributed by atoms with E-state index in [9.17, 15) is 18.0 Å². The van der Waals surface area contributed by atoms with E-state index in [0.29, 0.717) is 12.1 Å². The molecule has 1 fully saturated rings. The number of rotatable bonds is 6. The fraction of sp³-hybridized carbons (Fsp3) is 0.562. The van der Waals surface area contributed by atoms with Crippen LogP contribution in [0.4, 0.5) is 13.2 Å². The molecule has 1 aromatic rings. The van der Waals surface area contributed by atoms with Crippen molar-refractivity contribution in [3.8, 4) is 0 Å². The van der Waals surface area contributed by atoms with Crippen LogP contribution in [0.5, 0.6) is 0 Å². The Morgan fingerprint density at radius 2 is 1.73 bits per heavy atom. The summed E-state index contributed by atoms with van der Waals surface area (Å²) in [5, 5.41) is 2.90. The number of amides is 1. The lowest BCUT2D eigenvalue weighted by Gasteiger charge is -2.11. The Balaban J connectivity index is 1.73. The Hall–Kier alpha value is -1.56. The van der Waals surface area contributed by atoms with Crippen LogP contribution < -0.4 is 5.32 Å². The summed E-state index contributed by atoms with van der Waals surface area (Å²) in [6, 6.07) is 7.02. The molecule has 1 aliphatic rings. The summed E-state index contributed by atoms with van der Waals surface area (Å²) in [6.45, 7) is -0.876. The second-order valence-electron chi connectivity index (χ2n) is 5.62. The van der Waals surface area contributed by atoms with Gasteiger partial charge >= 0.3 is 6.18 Å². The average molecular weight is 315 g/mol. The van der Waals surface area contributed by atoms with Crippen LogP contribution in [0.3, 0.4) is 0 Å². The van der Waals surface area contributed by atoms with Crippen molar-refractivity contribution in [3.63, 3.8) is 0 Å². The standard InChI is InChI=1S/C16H20F3NO2/c17-16(18,19)11-22-10-13-7-5-12(6-8-13)9-20-15(21)14-3-1-2-4-14/h5-8,14H,1-4,9-11H2,(H,20,21). The first-order valence-electron chi connectivity index (χ1n) is 7.44. The maximum absolute atomic E-state index is 12.0. The zero-order valence-electron chi connectivity index (χ0n) is 12.3. The molecule has 3 nitrogen and oxygen atoms in total. The first kappa shape index (κ1) is 16.8. The van der Waals surface area contributed by atoms with Gasteiger partial charge in [0.25, 0.3) is 0 Å². The Labute approximate surface area is 127 Å². The van der Waals surface area contributed by atoms with Gasteiger partial charge < -0.3 is 10.1 Å². The molecule has 1 aromatic carbocycles. The fourth-order valence-corrected chi connectivity index (χ4v) is 2.56. The molecular weight excluding hydrogens is 295 g/mol. The molecule has 2 rings (SSSR count). The minimum Gasteiger partial charge on any atom is -0.367 e. The molecule has 0 aromatic heterocycles. The molecule has 0 radical (unpaired) electrons. The molecule has 0 unspecified atom stereocenters. The van der Waals surface area contributed by atoms with Crippen molar-refractivity contribution in [2.75, 3.05) is 6.61 Å². The highest BCUT2D eigenvalue weighted by Gasteiger charge is 2.27. The summed E-state index contributed by atoms with van der Waals surface area (Å²) in [6.07, 6.45) is -0.150. The van der Waals surface area contributed by atoms with Gasteiger partial charge in [0.1, 0.15) is 6.61 Å². The number of carbonyl (C=O) groups is 1. The molecule has 0 spiro atoms. The molecule has 22 heavy (non-hydrogen) atoms. The number of benzene rings is 1. The van der Waals surface area contributed by atoms with Gasteiger partial charge in [-0.15, -0.1) is 0 Å². The van der Waals surface area contributed by atoms with Crippen LogP contribution in [0.2, 0.25) is 0 Å². The third kappa shape index (κ3) is 5.67. The third-order valence-electron chi connectivity index (χ3n) is 3.75. The van der Waals surface area contributed by atoms with Crippen LogP contribution in [0.1, 0.15) is 36.8 Å². The summed E-state index contributed by atoms with van der Waals surface area (Å²) >= 11 is 0. The molecule has 1 aliphatic carbocycles. The van der Waals surface area contributed by atoms with Crippen molar-refractivity contribution in [1.82, 2.24) is 5.32 Å². The summed E-state index contributed by atoms with van der Waals surface area (Å²) in [4.78, 5) is 11.9. The number of hydrogen-bond acceptors (Lipinski definition) is 2. The second-order valence-corrected chi connectivity index (χ2v) is 5.62. The first-order valence-corrected chi connectivity index (χ1v) is 7.44. The van der Waals surface area contributed by atoms with Crippen molar-refractivity contribution < 1.29 is 22.7 Å². The molecule has 0 bridgehead atoms. The van der Waals surface area contributed by atoms with Gasteiger partial charge in [0.15, 0.2) is 0 Å². The van der Waals surface area contributed by atoms with Crippen LogP contribution in [0, 0.1) is 5.92 Å².